The number of benzene rings is 1. The summed E-state index contributed by atoms with van der Waals surface area (Å²) in [6.07, 6.45) is 4.08. The molecule has 1 aliphatic rings. The van der Waals surface area contributed by atoms with Crippen molar-refractivity contribution in [3.63, 3.8) is 0 Å². The summed E-state index contributed by atoms with van der Waals surface area (Å²) in [4.78, 5) is 15.7. The maximum absolute atomic E-state index is 13.3. The molecule has 2 aromatic rings. The lowest BCUT2D eigenvalue weighted by Crippen LogP contribution is -2.32. The number of hydrazine groups is 1. The van der Waals surface area contributed by atoms with Crippen LogP contribution in [0.25, 0.3) is 0 Å². The second-order valence-corrected chi connectivity index (χ2v) is 10.5. The molecule has 0 aliphatic carbocycles. The van der Waals surface area contributed by atoms with Gasteiger partial charge >= 0.3 is 5.97 Å². The number of aryl methyl sites for hydroxylation is 1. The Bertz CT molecular complexity index is 1180. The minimum Gasteiger partial charge on any atom is -0.481 e. The molecule has 0 radical (unpaired) electrons. The Kier molecular flexibility index (Phi) is 8.71. The minimum atomic E-state index is -3.81. The predicted molar refractivity (Wildman–Crippen MR) is 132 cm³/mol. The molecular weight excluding hydrogens is 470 g/mol. The summed E-state index contributed by atoms with van der Waals surface area (Å²) >= 11 is 0. The lowest BCUT2D eigenvalue weighted by Gasteiger charge is -2.22. The number of aliphatic carboxylic acids is 1. The molecule has 2 heterocycles. The van der Waals surface area contributed by atoms with Crippen molar-refractivity contribution in [2.45, 2.75) is 50.5 Å². The van der Waals surface area contributed by atoms with Gasteiger partial charge in [-0.1, -0.05) is 18.2 Å². The minimum absolute atomic E-state index is 0.0401. The van der Waals surface area contributed by atoms with E-state index in [4.69, 9.17) is 16.3 Å². The number of nitrogens with zero attached hydrogens (tertiary/aromatic N) is 3. The largest absolute Gasteiger partial charge is 0.481 e. The molecule has 1 aliphatic heterocycles. The number of sulfonamides is 1. The van der Waals surface area contributed by atoms with Gasteiger partial charge in [-0.2, -0.15) is 4.31 Å². The topological polar surface area (TPSA) is 152 Å². The molecule has 3 rings (SSSR count). The summed E-state index contributed by atoms with van der Waals surface area (Å²) in [6.45, 7) is 4.91. The van der Waals surface area contributed by atoms with E-state index in [1.165, 1.54) is 21.6 Å². The van der Waals surface area contributed by atoms with E-state index in [2.05, 4.69) is 4.98 Å². The van der Waals surface area contributed by atoms with Crippen LogP contribution in [-0.2, 0) is 21.4 Å². The molecule has 5 N–H and O–H groups in total. The molecule has 11 heteroatoms. The zero-order valence-corrected chi connectivity index (χ0v) is 20.9. The summed E-state index contributed by atoms with van der Waals surface area (Å²) in [5.41, 5.74) is 9.18. The lowest BCUT2D eigenvalue weighted by atomic mass is 9.88. The second kappa shape index (κ2) is 11.5. The number of fused-ring (bicyclic) bond motifs is 1. The average Bonchev–Trinajstić information content (AvgIpc) is 2.94. The molecule has 0 bridgehead atoms. The van der Waals surface area contributed by atoms with Gasteiger partial charge in [0.05, 0.1) is 6.42 Å². The number of aromatic nitrogens is 1. The molecule has 190 valence electrons. The molecule has 0 saturated heterocycles. The Morgan fingerprint density at radius 1 is 1.37 bits per heavy atom. The first-order chi connectivity index (χ1) is 16.6. The first-order valence-electron chi connectivity index (χ1n) is 11.5. The molecule has 10 nitrogen and oxygen atoms in total. The van der Waals surface area contributed by atoms with Crippen LogP contribution in [0.4, 0.5) is 0 Å². The summed E-state index contributed by atoms with van der Waals surface area (Å²) in [5, 5.41) is 11.0. The van der Waals surface area contributed by atoms with Gasteiger partial charge in [-0.05, 0) is 61.4 Å². The summed E-state index contributed by atoms with van der Waals surface area (Å²) in [7, 11) is -3.81. The number of ether oxygens (including phenoxy) is 1. The van der Waals surface area contributed by atoms with Gasteiger partial charge in [-0.25, -0.2) is 19.2 Å². The van der Waals surface area contributed by atoms with Crippen molar-refractivity contribution in [1.82, 2.24) is 14.3 Å². The van der Waals surface area contributed by atoms with Gasteiger partial charge in [-0.15, -0.1) is 0 Å². The number of allylic oxidation sites excluding steroid dienone is 1. The third-order valence-corrected chi connectivity index (χ3v) is 7.88. The highest BCUT2D eigenvalue weighted by molar-refractivity contribution is 7.89. The normalized spacial score (nSPS) is 16.6. The predicted octanol–water partition coefficient (Wildman–Crippen LogP) is 2.31. The Hall–Kier alpha value is -3.15. The molecule has 0 saturated carbocycles. The number of hydrogen-bond acceptors (Lipinski definition) is 8. The molecule has 1 unspecified atom stereocenters. The van der Waals surface area contributed by atoms with E-state index in [0.717, 1.165) is 16.7 Å². The van der Waals surface area contributed by atoms with Crippen molar-refractivity contribution in [3.05, 3.63) is 65.1 Å². The molecular formula is C24H33N5O5S. The molecule has 1 aromatic carbocycles. The Morgan fingerprint density at radius 3 is 2.86 bits per heavy atom. The van der Waals surface area contributed by atoms with E-state index in [9.17, 15) is 18.3 Å². The number of carboxylic acid groups (broad SMARTS) is 1. The molecule has 0 fully saturated rings. The van der Waals surface area contributed by atoms with Crippen molar-refractivity contribution < 1.29 is 23.1 Å². The third-order valence-electron chi connectivity index (χ3n) is 6.02. The smallest absolute Gasteiger partial charge is 0.303 e. The first kappa shape index (κ1) is 26.5. The van der Waals surface area contributed by atoms with Gasteiger partial charge in [0, 0.05) is 37.7 Å². The summed E-state index contributed by atoms with van der Waals surface area (Å²) in [5.74, 6) is 4.68. The SMILES string of the molecule is CCN(N)/C=C(\N)CCC(CC(=O)O)c1ccc(C)c(CN2CCOc3ncccc3S2(=O)=O)c1. The second-order valence-electron chi connectivity index (χ2n) is 8.55. The van der Waals surface area contributed by atoms with Crippen LogP contribution in [-0.4, -0.2) is 53.5 Å². The van der Waals surface area contributed by atoms with Crippen LogP contribution in [0, 0.1) is 6.92 Å². The van der Waals surface area contributed by atoms with Gasteiger partial charge in [-0.3, -0.25) is 4.79 Å². The van der Waals surface area contributed by atoms with Crippen LogP contribution in [0.5, 0.6) is 5.88 Å². The summed E-state index contributed by atoms with van der Waals surface area (Å²) < 4.78 is 33.5. The summed E-state index contributed by atoms with van der Waals surface area (Å²) in [6, 6.07) is 8.74. The van der Waals surface area contributed by atoms with Crippen LogP contribution in [0.2, 0.25) is 0 Å². The zero-order valence-electron chi connectivity index (χ0n) is 20.1. The van der Waals surface area contributed by atoms with E-state index in [0.29, 0.717) is 25.1 Å². The number of carbonyl (C=O) groups is 1. The number of nitrogens with two attached hydrogens (primary N) is 2. The average molecular weight is 504 g/mol. The number of hydrogen-bond donors (Lipinski definition) is 3. The van der Waals surface area contributed by atoms with Gasteiger partial charge in [0.2, 0.25) is 15.9 Å². The number of rotatable bonds is 10. The Balaban J connectivity index is 1.86. The molecule has 0 spiro atoms. The third kappa shape index (κ3) is 6.71. The van der Waals surface area contributed by atoms with E-state index in [1.807, 2.05) is 32.0 Å². The van der Waals surface area contributed by atoms with Crippen LogP contribution in [0.15, 0.2) is 53.3 Å². The first-order valence-corrected chi connectivity index (χ1v) is 12.9. The van der Waals surface area contributed by atoms with Crippen molar-refractivity contribution in [3.8, 4) is 5.88 Å². The van der Waals surface area contributed by atoms with Crippen molar-refractivity contribution in [2.24, 2.45) is 11.6 Å². The molecule has 1 atom stereocenters. The fraction of sp³-hybridized carbons (Fsp3) is 0.417. The van der Waals surface area contributed by atoms with Crippen LogP contribution in [0.3, 0.4) is 0 Å². The lowest BCUT2D eigenvalue weighted by molar-refractivity contribution is -0.137. The van der Waals surface area contributed by atoms with E-state index in [1.54, 1.807) is 12.3 Å². The standard InChI is InChI=1S/C24H33N5O5S/c1-3-28(26)16-21(25)9-8-19(14-23(30)31)18-7-6-17(2)20(13-18)15-29-11-12-34-24-22(35(29,32)33)5-4-10-27-24/h4-7,10,13,16,19H,3,8-9,11-12,14-15,25-26H2,1-2H3,(H,30,31)/b21-16-. The van der Waals surface area contributed by atoms with Crippen molar-refractivity contribution in [2.75, 3.05) is 19.7 Å². The highest BCUT2D eigenvalue weighted by atomic mass is 32.2. The highest BCUT2D eigenvalue weighted by Crippen LogP contribution is 2.31. The fourth-order valence-electron chi connectivity index (χ4n) is 3.96. The zero-order chi connectivity index (χ0) is 25.6. The highest BCUT2D eigenvalue weighted by Gasteiger charge is 2.32. The number of pyridine rings is 1. The maximum Gasteiger partial charge on any atom is 0.303 e. The van der Waals surface area contributed by atoms with Gasteiger partial charge < -0.3 is 20.6 Å². The van der Waals surface area contributed by atoms with Crippen molar-refractivity contribution in [1.29, 1.82) is 0 Å². The quantitative estimate of drug-likeness (QED) is 0.327. The van der Waals surface area contributed by atoms with Gasteiger partial charge in [0.15, 0.2) is 0 Å². The van der Waals surface area contributed by atoms with E-state index < -0.39 is 16.0 Å². The van der Waals surface area contributed by atoms with Crippen molar-refractivity contribution >= 4 is 16.0 Å². The van der Waals surface area contributed by atoms with Crippen LogP contribution in [0.1, 0.15) is 48.8 Å². The van der Waals surface area contributed by atoms with Crippen LogP contribution >= 0.6 is 0 Å². The van der Waals surface area contributed by atoms with E-state index in [-0.39, 0.29) is 42.8 Å². The van der Waals surface area contributed by atoms with Crippen LogP contribution < -0.4 is 16.3 Å². The maximum atomic E-state index is 13.3. The Morgan fingerprint density at radius 2 is 2.14 bits per heavy atom. The fourth-order valence-corrected chi connectivity index (χ4v) is 5.45. The Labute approximate surface area is 206 Å². The molecule has 0 amide bonds. The monoisotopic (exact) mass is 503 g/mol. The molecule has 1 aromatic heterocycles. The number of carboxylic acids is 1. The van der Waals surface area contributed by atoms with Gasteiger partial charge in [0.1, 0.15) is 11.5 Å². The van der Waals surface area contributed by atoms with E-state index >= 15 is 0 Å². The van der Waals surface area contributed by atoms with Gasteiger partial charge in [0.25, 0.3) is 0 Å². The molecule has 35 heavy (non-hydrogen) atoms.